The molecule has 0 spiro atoms. The van der Waals surface area contributed by atoms with Crippen LogP contribution in [0.1, 0.15) is 71.0 Å². The molecule has 0 saturated carbocycles. The Kier molecular flexibility index (Phi) is 12.7. The van der Waals surface area contributed by atoms with Crippen LogP contribution in [0.2, 0.25) is 39.3 Å². The van der Waals surface area contributed by atoms with E-state index in [-0.39, 0.29) is 18.1 Å². The van der Waals surface area contributed by atoms with Gasteiger partial charge in [-0.15, -0.1) is 0 Å². The van der Waals surface area contributed by atoms with Crippen LogP contribution >= 0.6 is 17.0 Å². The second-order valence-corrected chi connectivity index (χ2v) is 56.8. The van der Waals surface area contributed by atoms with E-state index in [1.54, 1.807) is 0 Å². The van der Waals surface area contributed by atoms with E-state index >= 15 is 0 Å². The average molecular weight is 1080 g/mol. The molecule has 0 aromatic heterocycles. The first kappa shape index (κ1) is 50.2. The maximum absolute atomic E-state index is 9.55. The summed E-state index contributed by atoms with van der Waals surface area (Å²) in [5.41, 5.74) is 17.3. The van der Waals surface area contributed by atoms with Gasteiger partial charge in [-0.1, -0.05) is 0 Å². The summed E-state index contributed by atoms with van der Waals surface area (Å²) in [5.74, 6) is 0. The third-order valence-electron chi connectivity index (χ3n) is 15.7. The molecular formula is C64H69BCl2NSi2Zr. The molecule has 0 fully saturated rings. The van der Waals surface area contributed by atoms with Crippen molar-refractivity contribution in [3.63, 3.8) is 0 Å². The van der Waals surface area contributed by atoms with Crippen molar-refractivity contribution >= 4 is 72.1 Å². The van der Waals surface area contributed by atoms with Crippen LogP contribution in [0.3, 0.4) is 0 Å². The quantitative estimate of drug-likeness (QED) is 0.123. The summed E-state index contributed by atoms with van der Waals surface area (Å²) in [7, 11) is 15.1. The summed E-state index contributed by atoms with van der Waals surface area (Å²) >= 11 is -5.68. The number of nitrogens with zero attached hydrogens (tertiary/aromatic N) is 1. The molecular weight excluding hydrogens is 1010 g/mol. The number of benzene rings is 8. The van der Waals surface area contributed by atoms with Gasteiger partial charge in [0.2, 0.25) is 0 Å². The van der Waals surface area contributed by atoms with Crippen molar-refractivity contribution in [2.75, 3.05) is 0 Å². The third-order valence-corrected chi connectivity index (χ3v) is 42.5. The summed E-state index contributed by atoms with van der Waals surface area (Å²) in [6, 6.07) is 63.0. The molecule has 0 bridgehead atoms. The maximum atomic E-state index is 9.55. The summed E-state index contributed by atoms with van der Waals surface area (Å²) in [6.07, 6.45) is 5.10. The van der Waals surface area contributed by atoms with Crippen molar-refractivity contribution in [1.82, 2.24) is 4.14 Å². The Morgan fingerprint density at radius 2 is 0.690 bits per heavy atom. The van der Waals surface area contributed by atoms with Crippen molar-refractivity contribution < 1.29 is 16.2 Å². The molecule has 8 aromatic carbocycles. The van der Waals surface area contributed by atoms with Crippen LogP contribution in [0.15, 0.2) is 181 Å². The Morgan fingerprint density at radius 3 is 1.06 bits per heavy atom. The molecule has 0 heterocycles. The van der Waals surface area contributed by atoms with Gasteiger partial charge in [-0.3, -0.25) is 0 Å². The molecule has 8 aromatic rings. The molecule has 0 aliphatic heterocycles. The zero-order valence-electron chi connectivity index (χ0n) is 43.9. The normalized spacial score (nSPS) is 16.9. The van der Waals surface area contributed by atoms with Crippen molar-refractivity contribution in [1.29, 1.82) is 0 Å². The van der Waals surface area contributed by atoms with Crippen LogP contribution in [0.5, 0.6) is 0 Å². The second-order valence-electron chi connectivity index (χ2n) is 24.6. The fourth-order valence-electron chi connectivity index (χ4n) is 12.8. The predicted octanol–water partition coefficient (Wildman–Crippen LogP) is 19.6. The van der Waals surface area contributed by atoms with Crippen molar-refractivity contribution in [2.24, 2.45) is 10.8 Å². The molecule has 1 nitrogen and oxygen atoms in total. The molecule has 71 heavy (non-hydrogen) atoms. The summed E-state index contributed by atoms with van der Waals surface area (Å²) in [5, 5.41) is 5.00. The molecule has 2 aliphatic carbocycles. The van der Waals surface area contributed by atoms with Gasteiger partial charge in [0, 0.05) is 0 Å². The van der Waals surface area contributed by atoms with Crippen molar-refractivity contribution in [3.8, 4) is 44.5 Å². The molecule has 0 amide bonds. The van der Waals surface area contributed by atoms with Gasteiger partial charge in [0.05, 0.1) is 0 Å². The van der Waals surface area contributed by atoms with Gasteiger partial charge in [-0.05, 0) is 0 Å². The minimum atomic E-state index is -5.68. The number of fused-ring (bicyclic) bond motifs is 4. The van der Waals surface area contributed by atoms with Crippen LogP contribution in [0.25, 0.3) is 78.2 Å². The number of hydrogen-bond acceptors (Lipinski definition) is 1. The molecule has 0 radical (unpaired) electrons. The van der Waals surface area contributed by atoms with Crippen molar-refractivity contribution in [2.45, 2.75) is 88.1 Å². The SMILES string of the molecule is CC(C)(C)C1=Cc2c(-c3ccccc3-c3cccc4ccccc34)cccc2[CH]1[Zr]([Cl])([Cl])([BH]N([Si](C)(C)C)[Si](C)(C)C)[CH]1C(C(C)(C)C)=Cc2c(-c3ccccc3-c3cccc4ccccc34)cccc21. The molecule has 0 N–H and O–H groups in total. The van der Waals surface area contributed by atoms with E-state index < -0.39 is 32.6 Å². The van der Waals surface area contributed by atoms with Crippen LogP contribution in [0, 0.1) is 10.8 Å². The average Bonchev–Trinajstić information content (AvgIpc) is 3.95. The number of allylic oxidation sites excluding steroid dienone is 2. The molecule has 2 atom stereocenters. The van der Waals surface area contributed by atoms with Crippen molar-refractivity contribution in [3.05, 3.63) is 203 Å². The fraction of sp³-hybridized carbons (Fsp3) is 0.250. The first-order valence-corrected chi connectivity index (χ1v) is 43.5. The summed E-state index contributed by atoms with van der Waals surface area (Å²) in [4.78, 5) is 0.735. The summed E-state index contributed by atoms with van der Waals surface area (Å²) < 4.78 is 2.65. The minimum absolute atomic E-state index is 0.150. The first-order chi connectivity index (χ1) is 33.5. The molecule has 359 valence electrons. The van der Waals surface area contributed by atoms with Gasteiger partial charge in [0.15, 0.2) is 0 Å². The van der Waals surface area contributed by atoms with Gasteiger partial charge in [-0.2, -0.15) is 0 Å². The van der Waals surface area contributed by atoms with E-state index in [9.17, 15) is 17.0 Å². The van der Waals surface area contributed by atoms with E-state index in [4.69, 9.17) is 0 Å². The Balaban J connectivity index is 1.25. The molecule has 7 heteroatoms. The van der Waals surface area contributed by atoms with Gasteiger partial charge in [-0.25, -0.2) is 0 Å². The van der Waals surface area contributed by atoms with Crippen LogP contribution in [0.4, 0.5) is 0 Å². The predicted molar refractivity (Wildman–Crippen MR) is 317 cm³/mol. The van der Waals surface area contributed by atoms with Gasteiger partial charge in [0.1, 0.15) is 0 Å². The van der Waals surface area contributed by atoms with Crippen LogP contribution in [-0.4, -0.2) is 25.6 Å². The number of rotatable bonds is 10. The van der Waals surface area contributed by atoms with E-state index in [2.05, 4.69) is 267 Å². The van der Waals surface area contributed by atoms with Crippen LogP contribution < -0.4 is 0 Å². The zero-order valence-corrected chi connectivity index (χ0v) is 49.9. The van der Waals surface area contributed by atoms with Gasteiger partial charge < -0.3 is 0 Å². The van der Waals surface area contributed by atoms with E-state index in [1.165, 1.54) is 99.5 Å². The number of hydrogen-bond donors (Lipinski definition) is 0. The Morgan fingerprint density at radius 1 is 0.394 bits per heavy atom. The Bertz CT molecular complexity index is 3240. The summed E-state index contributed by atoms with van der Waals surface area (Å²) in [6.45, 7) is 29.5. The Hall–Kier alpha value is -4.32. The topological polar surface area (TPSA) is 3.24 Å². The van der Waals surface area contributed by atoms with Gasteiger partial charge >= 0.3 is 439 Å². The van der Waals surface area contributed by atoms with Crippen LogP contribution in [-0.2, 0) is 16.2 Å². The first-order valence-electron chi connectivity index (χ1n) is 25.7. The van der Waals surface area contributed by atoms with E-state index in [1.807, 2.05) is 0 Å². The van der Waals surface area contributed by atoms with Gasteiger partial charge in [0.25, 0.3) is 0 Å². The fourth-order valence-corrected chi connectivity index (χ4v) is 55.4. The molecule has 10 rings (SSSR count). The molecule has 2 aliphatic rings. The zero-order chi connectivity index (χ0) is 50.5. The Labute approximate surface area is 435 Å². The standard InChI is InChI=1S/2C29H25.C6H19BNSi2.2ClH.Zr/c2*1-29(2,3)22-18-21-12-9-17-27(28(21)19-22)26-15-7-6-14-25(26)24-16-8-11-20-10-4-5-13-23(20)24;1-9(2,3)8(7)10(4,5)6;;;/h2*4-19H,1-3H3;7H,1-6H3;2*1H;/q;;+1;;;+1/p-2. The molecule has 0 saturated heterocycles. The monoisotopic (exact) mass is 1080 g/mol. The van der Waals surface area contributed by atoms with E-state index in [0.717, 1.165) is 4.95 Å². The third kappa shape index (κ3) is 8.83. The second kappa shape index (κ2) is 18.0. The van der Waals surface area contributed by atoms with E-state index in [0.29, 0.717) is 0 Å². The number of halogens is 2. The molecule has 2 unspecified atom stereocenters.